The van der Waals surface area contributed by atoms with Crippen molar-refractivity contribution in [1.29, 1.82) is 0 Å². The van der Waals surface area contributed by atoms with Crippen molar-refractivity contribution in [2.45, 2.75) is 33.7 Å². The Morgan fingerprint density at radius 2 is 2.06 bits per heavy atom. The molecule has 0 saturated heterocycles. The van der Waals surface area contributed by atoms with Crippen LogP contribution in [0.3, 0.4) is 0 Å². The normalized spacial score (nSPS) is 10.9. The number of aromatic nitrogens is 4. The molecule has 0 aliphatic heterocycles. The average molecular weight is 248 g/mol. The lowest BCUT2D eigenvalue weighted by Crippen LogP contribution is -2.05. The molecule has 3 N–H and O–H groups in total. The van der Waals surface area contributed by atoms with Gasteiger partial charge in [-0.05, 0) is 20.3 Å². The Bertz CT molecular complexity index is 551. The summed E-state index contributed by atoms with van der Waals surface area (Å²) in [4.78, 5) is 0. The van der Waals surface area contributed by atoms with Crippen molar-refractivity contribution in [3.63, 3.8) is 0 Å². The number of nitrogen functional groups attached to an aromatic ring is 1. The van der Waals surface area contributed by atoms with Crippen LogP contribution in [0.1, 0.15) is 25.2 Å². The third-order valence-corrected chi connectivity index (χ3v) is 2.97. The summed E-state index contributed by atoms with van der Waals surface area (Å²) in [6.07, 6.45) is 2.84. The molecular weight excluding hydrogens is 228 g/mol. The Morgan fingerprint density at radius 1 is 1.33 bits per heavy atom. The Morgan fingerprint density at radius 3 is 2.67 bits per heavy atom. The molecule has 0 spiro atoms. The number of aryl methyl sites for hydroxylation is 4. The molecule has 6 heteroatoms. The summed E-state index contributed by atoms with van der Waals surface area (Å²) in [7, 11) is 1.91. The molecule has 0 unspecified atom stereocenters. The first-order chi connectivity index (χ1) is 8.56. The lowest BCUT2D eigenvalue weighted by atomic mass is 10.3. The Hall–Kier alpha value is -1.98. The first-order valence-electron chi connectivity index (χ1n) is 6.19. The van der Waals surface area contributed by atoms with Crippen LogP contribution in [-0.4, -0.2) is 19.6 Å². The van der Waals surface area contributed by atoms with Crippen LogP contribution in [0.15, 0.2) is 6.20 Å². The molecule has 0 aromatic carbocycles. The summed E-state index contributed by atoms with van der Waals surface area (Å²) in [6.45, 7) is 6.82. The molecule has 0 aliphatic carbocycles. The van der Waals surface area contributed by atoms with Crippen LogP contribution in [0, 0.1) is 6.92 Å². The van der Waals surface area contributed by atoms with Crippen molar-refractivity contribution in [3.05, 3.63) is 17.6 Å². The minimum absolute atomic E-state index is 0.697. The number of hydrogen-bond acceptors (Lipinski definition) is 4. The van der Waals surface area contributed by atoms with Crippen LogP contribution < -0.4 is 11.1 Å². The van der Waals surface area contributed by atoms with Crippen LogP contribution in [0.2, 0.25) is 0 Å². The molecule has 0 fully saturated rings. The number of hydrogen-bond donors (Lipinski definition) is 2. The fraction of sp³-hybridized carbons (Fsp3) is 0.500. The quantitative estimate of drug-likeness (QED) is 0.865. The van der Waals surface area contributed by atoms with Gasteiger partial charge in [0.1, 0.15) is 0 Å². The van der Waals surface area contributed by atoms with Gasteiger partial charge in [0.05, 0.1) is 22.8 Å². The van der Waals surface area contributed by atoms with Gasteiger partial charge in [0.15, 0.2) is 5.82 Å². The van der Waals surface area contributed by atoms with Crippen molar-refractivity contribution in [2.75, 3.05) is 11.1 Å². The predicted octanol–water partition coefficient (Wildman–Crippen LogP) is 1.83. The van der Waals surface area contributed by atoms with E-state index in [0.717, 1.165) is 35.9 Å². The van der Waals surface area contributed by atoms with Crippen LogP contribution in [0.4, 0.5) is 17.2 Å². The molecule has 2 aromatic rings. The maximum absolute atomic E-state index is 6.05. The molecule has 0 saturated carbocycles. The van der Waals surface area contributed by atoms with Gasteiger partial charge in [-0.1, -0.05) is 6.92 Å². The Kier molecular flexibility index (Phi) is 3.27. The predicted molar refractivity (Wildman–Crippen MR) is 72.9 cm³/mol. The van der Waals surface area contributed by atoms with E-state index in [1.807, 2.05) is 31.8 Å². The van der Waals surface area contributed by atoms with Gasteiger partial charge < -0.3 is 11.1 Å². The van der Waals surface area contributed by atoms with Crippen molar-refractivity contribution in [3.8, 4) is 0 Å². The highest BCUT2D eigenvalue weighted by molar-refractivity contribution is 5.71. The summed E-state index contributed by atoms with van der Waals surface area (Å²) in [5.41, 5.74) is 9.61. The molecule has 2 heterocycles. The van der Waals surface area contributed by atoms with Crippen LogP contribution in [0.5, 0.6) is 0 Å². The highest BCUT2D eigenvalue weighted by Gasteiger charge is 2.14. The zero-order valence-electron chi connectivity index (χ0n) is 11.4. The highest BCUT2D eigenvalue weighted by Crippen LogP contribution is 2.27. The summed E-state index contributed by atoms with van der Waals surface area (Å²) < 4.78 is 3.67. The summed E-state index contributed by atoms with van der Waals surface area (Å²) in [5.74, 6) is 0.845. The van der Waals surface area contributed by atoms with E-state index in [-0.39, 0.29) is 0 Å². The van der Waals surface area contributed by atoms with Gasteiger partial charge in [-0.3, -0.25) is 4.68 Å². The lowest BCUT2D eigenvalue weighted by Gasteiger charge is -2.08. The number of anilines is 3. The van der Waals surface area contributed by atoms with Gasteiger partial charge in [-0.25, -0.2) is 4.68 Å². The standard InChI is InChI=1S/C12H20N6/c1-5-9-10(7-17(4)16-9)14-12-11(13)8(3)15-18(12)6-2/h7,14H,5-6,13H2,1-4H3. The van der Waals surface area contributed by atoms with Crippen LogP contribution in [-0.2, 0) is 20.0 Å². The van der Waals surface area contributed by atoms with Gasteiger partial charge in [-0.15, -0.1) is 0 Å². The van der Waals surface area contributed by atoms with E-state index in [0.29, 0.717) is 5.69 Å². The fourth-order valence-corrected chi connectivity index (χ4v) is 1.98. The highest BCUT2D eigenvalue weighted by atomic mass is 15.3. The van der Waals surface area contributed by atoms with Crippen molar-refractivity contribution in [1.82, 2.24) is 19.6 Å². The summed E-state index contributed by atoms with van der Waals surface area (Å²) in [5, 5.41) is 12.1. The van der Waals surface area contributed by atoms with Crippen molar-refractivity contribution >= 4 is 17.2 Å². The average Bonchev–Trinajstić information content (AvgIpc) is 2.84. The molecule has 0 radical (unpaired) electrons. The zero-order valence-corrected chi connectivity index (χ0v) is 11.4. The number of nitrogens with zero attached hydrogens (tertiary/aromatic N) is 4. The van der Waals surface area contributed by atoms with E-state index in [1.165, 1.54) is 0 Å². The van der Waals surface area contributed by atoms with E-state index in [1.54, 1.807) is 4.68 Å². The Labute approximate surface area is 107 Å². The van der Waals surface area contributed by atoms with Crippen LogP contribution in [0.25, 0.3) is 0 Å². The van der Waals surface area contributed by atoms with Gasteiger partial charge in [-0.2, -0.15) is 10.2 Å². The topological polar surface area (TPSA) is 73.7 Å². The molecule has 6 nitrogen and oxygen atoms in total. The first kappa shape index (κ1) is 12.5. The van der Waals surface area contributed by atoms with Crippen molar-refractivity contribution < 1.29 is 0 Å². The fourth-order valence-electron chi connectivity index (χ4n) is 1.98. The molecule has 98 valence electrons. The number of nitrogens with one attached hydrogen (secondary N) is 1. The molecule has 2 aromatic heterocycles. The van der Waals surface area contributed by atoms with E-state index in [4.69, 9.17) is 5.73 Å². The smallest absolute Gasteiger partial charge is 0.152 e. The van der Waals surface area contributed by atoms with Gasteiger partial charge >= 0.3 is 0 Å². The summed E-state index contributed by atoms with van der Waals surface area (Å²) >= 11 is 0. The molecule has 0 aliphatic rings. The second kappa shape index (κ2) is 4.72. The maximum atomic E-state index is 6.05. The number of rotatable bonds is 4. The van der Waals surface area contributed by atoms with Crippen molar-refractivity contribution in [2.24, 2.45) is 7.05 Å². The monoisotopic (exact) mass is 248 g/mol. The lowest BCUT2D eigenvalue weighted by molar-refractivity contribution is 0.661. The summed E-state index contributed by atoms with van der Waals surface area (Å²) in [6, 6.07) is 0. The first-order valence-corrected chi connectivity index (χ1v) is 6.19. The molecule has 0 bridgehead atoms. The molecule has 0 atom stereocenters. The minimum Gasteiger partial charge on any atom is -0.394 e. The van der Waals surface area contributed by atoms with Gasteiger partial charge in [0, 0.05) is 19.8 Å². The van der Waals surface area contributed by atoms with E-state index < -0.39 is 0 Å². The van der Waals surface area contributed by atoms with Crippen LogP contribution >= 0.6 is 0 Å². The maximum Gasteiger partial charge on any atom is 0.152 e. The Balaban J connectivity index is 2.39. The minimum atomic E-state index is 0.697. The van der Waals surface area contributed by atoms with Gasteiger partial charge in [0.2, 0.25) is 0 Å². The van der Waals surface area contributed by atoms with E-state index >= 15 is 0 Å². The largest absolute Gasteiger partial charge is 0.394 e. The second-order valence-electron chi connectivity index (χ2n) is 4.31. The van der Waals surface area contributed by atoms with Gasteiger partial charge in [0.25, 0.3) is 0 Å². The van der Waals surface area contributed by atoms with E-state index in [2.05, 4.69) is 22.4 Å². The zero-order chi connectivity index (χ0) is 13.3. The third-order valence-electron chi connectivity index (χ3n) is 2.97. The SMILES string of the molecule is CCc1nn(C)cc1Nc1c(N)c(C)nn1CC. The molecule has 18 heavy (non-hydrogen) atoms. The number of nitrogens with two attached hydrogens (primary N) is 1. The molecule has 0 amide bonds. The molecule has 2 rings (SSSR count). The third kappa shape index (κ3) is 2.05. The second-order valence-corrected chi connectivity index (χ2v) is 4.31. The molecular formula is C12H20N6. The van der Waals surface area contributed by atoms with E-state index in [9.17, 15) is 0 Å².